The molecule has 3 aromatic rings. The first-order valence-electron chi connectivity index (χ1n) is 14.3. The van der Waals surface area contributed by atoms with Gasteiger partial charge in [-0.1, -0.05) is 58.5 Å². The summed E-state index contributed by atoms with van der Waals surface area (Å²) in [6.07, 6.45) is 2.55. The number of hydrogen-bond donors (Lipinski definition) is 2. The highest BCUT2D eigenvalue weighted by Gasteiger charge is 2.40. The first kappa shape index (κ1) is 37.4. The van der Waals surface area contributed by atoms with Gasteiger partial charge in [0.05, 0.1) is 26.0 Å². The molecule has 0 spiro atoms. The summed E-state index contributed by atoms with van der Waals surface area (Å²) in [5.41, 5.74) is 2.25. The van der Waals surface area contributed by atoms with E-state index >= 15 is 0 Å². The van der Waals surface area contributed by atoms with Crippen LogP contribution in [0.15, 0.2) is 54.6 Å². The molecular formula is C32H35Cl6N3O4. The molecule has 2 atom stereocenters. The summed E-state index contributed by atoms with van der Waals surface area (Å²) in [4.78, 5) is 28.9. The number of ether oxygens (including phenoxy) is 2. The molecule has 1 unspecified atom stereocenters. The van der Waals surface area contributed by atoms with E-state index in [1.807, 2.05) is 24.0 Å². The van der Waals surface area contributed by atoms with Gasteiger partial charge in [0.25, 0.3) is 5.91 Å². The van der Waals surface area contributed by atoms with Crippen LogP contribution in [0.3, 0.4) is 0 Å². The van der Waals surface area contributed by atoms with E-state index in [0.29, 0.717) is 63.2 Å². The number of carbonyl (C=O) groups excluding carboxylic acids is 2. The molecule has 0 aromatic heterocycles. The van der Waals surface area contributed by atoms with Crippen molar-refractivity contribution in [1.82, 2.24) is 15.5 Å². The minimum Gasteiger partial charge on any atom is -0.490 e. The van der Waals surface area contributed by atoms with Gasteiger partial charge < -0.3 is 25.0 Å². The number of piperidine rings is 1. The molecule has 45 heavy (non-hydrogen) atoms. The summed E-state index contributed by atoms with van der Waals surface area (Å²) in [5, 5.41) is 8.26. The van der Waals surface area contributed by atoms with Crippen molar-refractivity contribution in [2.75, 3.05) is 26.3 Å². The van der Waals surface area contributed by atoms with Gasteiger partial charge in [-0.05, 0) is 86.3 Å². The zero-order valence-corrected chi connectivity index (χ0v) is 29.2. The van der Waals surface area contributed by atoms with Crippen LogP contribution in [0.2, 0.25) is 20.1 Å². The smallest absolute Gasteiger partial charge is 0.251 e. The van der Waals surface area contributed by atoms with Crippen molar-refractivity contribution in [2.45, 2.75) is 44.8 Å². The van der Waals surface area contributed by atoms with Crippen LogP contribution >= 0.6 is 71.2 Å². The fourth-order valence-corrected chi connectivity index (χ4v) is 6.30. The van der Waals surface area contributed by atoms with Crippen LogP contribution < -0.4 is 20.1 Å². The van der Waals surface area contributed by atoms with Crippen molar-refractivity contribution >= 4 is 83.0 Å². The lowest BCUT2D eigenvalue weighted by atomic mass is 9.91. The average molecular weight is 738 g/mol. The highest BCUT2D eigenvalue weighted by molar-refractivity contribution is 6.42. The summed E-state index contributed by atoms with van der Waals surface area (Å²) < 4.78 is 11.5. The number of carbonyl (C=O) groups is 2. The van der Waals surface area contributed by atoms with Crippen molar-refractivity contribution in [1.29, 1.82) is 0 Å². The molecule has 5 rings (SSSR count). The lowest BCUT2D eigenvalue weighted by Crippen LogP contribution is -2.55. The van der Waals surface area contributed by atoms with Crippen molar-refractivity contribution in [3.63, 3.8) is 0 Å². The normalized spacial score (nSPS) is 17.4. The molecule has 7 nitrogen and oxygen atoms in total. The Hall–Kier alpha value is -2.10. The number of aryl methyl sites for hydroxylation is 1. The number of benzene rings is 3. The Balaban J connectivity index is 0.00000276. The molecule has 0 radical (unpaired) electrons. The van der Waals surface area contributed by atoms with E-state index in [2.05, 4.69) is 10.6 Å². The van der Waals surface area contributed by atoms with Gasteiger partial charge in [-0.2, -0.15) is 0 Å². The number of halogens is 6. The minimum absolute atomic E-state index is 0. The molecule has 1 saturated heterocycles. The SMILES string of the molecule is Cc1cc(Cl)c(OCCOc2ccc(C(=O)N[C@H]3CCNCC3C(=O)N(Cc3cccc(Cl)c3Cl)C3CC3)cc2)c(Cl)c1.Cl.Cl. The van der Waals surface area contributed by atoms with Gasteiger partial charge in [-0.15, -0.1) is 24.8 Å². The molecule has 1 aliphatic heterocycles. The molecule has 244 valence electrons. The molecule has 1 saturated carbocycles. The lowest BCUT2D eigenvalue weighted by Gasteiger charge is -2.36. The van der Waals surface area contributed by atoms with Crippen LogP contribution in [-0.4, -0.2) is 55.1 Å². The molecule has 2 fully saturated rings. The second kappa shape index (κ2) is 17.2. The summed E-state index contributed by atoms with van der Waals surface area (Å²) in [6, 6.07) is 15.8. The number of nitrogens with one attached hydrogen (secondary N) is 2. The standard InChI is InChI=1S/C32H33Cl4N3O4.2ClH/c1-19-15-26(34)30(27(35)16-19)43-14-13-42-23-9-5-20(6-10-23)31(40)38-28-11-12-37-17-24(28)32(41)39(22-7-8-22)18-21-3-2-4-25(33)29(21)36;;/h2-6,9-10,15-16,22,24,28,37H,7-8,11-14,17-18H2,1H3,(H,38,40);2*1H/t24?,28-;;/m0../s1. The van der Waals surface area contributed by atoms with Crippen molar-refractivity contribution < 1.29 is 19.1 Å². The van der Waals surface area contributed by atoms with Gasteiger partial charge in [0.2, 0.25) is 5.91 Å². The predicted molar refractivity (Wildman–Crippen MR) is 185 cm³/mol. The summed E-state index contributed by atoms with van der Waals surface area (Å²) >= 11 is 25.1. The van der Waals surface area contributed by atoms with Crippen molar-refractivity contribution in [3.05, 3.63) is 91.4 Å². The van der Waals surface area contributed by atoms with Crippen LogP contribution in [0, 0.1) is 12.8 Å². The molecule has 1 aliphatic carbocycles. The van der Waals surface area contributed by atoms with Crippen molar-refractivity contribution in [2.24, 2.45) is 5.92 Å². The molecular weight excluding hydrogens is 703 g/mol. The van der Waals surface area contributed by atoms with Gasteiger partial charge in [-0.25, -0.2) is 0 Å². The van der Waals surface area contributed by atoms with Crippen LogP contribution in [0.25, 0.3) is 0 Å². The maximum Gasteiger partial charge on any atom is 0.251 e. The third-order valence-electron chi connectivity index (χ3n) is 7.62. The van der Waals surface area contributed by atoms with E-state index in [1.165, 1.54) is 0 Å². The Labute approximate surface area is 296 Å². The minimum atomic E-state index is -0.394. The van der Waals surface area contributed by atoms with E-state index < -0.39 is 5.92 Å². The molecule has 1 heterocycles. The molecule has 2 amide bonds. The Kier molecular flexibility index (Phi) is 14.3. The third kappa shape index (κ3) is 9.71. The monoisotopic (exact) mass is 735 g/mol. The van der Waals surface area contributed by atoms with Gasteiger partial charge >= 0.3 is 0 Å². The number of amides is 2. The van der Waals surface area contributed by atoms with Crippen LogP contribution in [0.4, 0.5) is 0 Å². The summed E-state index contributed by atoms with van der Waals surface area (Å²) in [7, 11) is 0. The Morgan fingerprint density at radius 3 is 2.24 bits per heavy atom. The van der Waals surface area contributed by atoms with E-state index in [4.69, 9.17) is 55.9 Å². The maximum atomic E-state index is 13.8. The van der Waals surface area contributed by atoms with E-state index in [0.717, 1.165) is 24.0 Å². The summed E-state index contributed by atoms with van der Waals surface area (Å²) in [6.45, 7) is 4.01. The second-order valence-corrected chi connectivity index (χ2v) is 12.5. The zero-order valence-electron chi connectivity index (χ0n) is 24.5. The zero-order chi connectivity index (χ0) is 30.5. The molecule has 2 N–H and O–H groups in total. The van der Waals surface area contributed by atoms with Crippen molar-refractivity contribution in [3.8, 4) is 11.5 Å². The average Bonchev–Trinajstić information content (AvgIpc) is 3.83. The first-order chi connectivity index (χ1) is 20.7. The van der Waals surface area contributed by atoms with Gasteiger partial charge in [0, 0.05) is 30.7 Å². The van der Waals surface area contributed by atoms with Crippen LogP contribution in [0.5, 0.6) is 11.5 Å². The number of hydrogen-bond acceptors (Lipinski definition) is 5. The Morgan fingerprint density at radius 1 is 0.911 bits per heavy atom. The van der Waals surface area contributed by atoms with E-state index in [9.17, 15) is 9.59 Å². The third-order valence-corrected chi connectivity index (χ3v) is 9.04. The summed E-state index contributed by atoms with van der Waals surface area (Å²) in [5.74, 6) is 0.396. The van der Waals surface area contributed by atoms with Crippen LogP contribution in [-0.2, 0) is 11.3 Å². The predicted octanol–water partition coefficient (Wildman–Crippen LogP) is 7.81. The fourth-order valence-electron chi connectivity index (χ4n) is 5.21. The number of rotatable bonds is 11. The van der Waals surface area contributed by atoms with Gasteiger partial charge in [-0.3, -0.25) is 9.59 Å². The fraction of sp³-hybridized carbons (Fsp3) is 0.375. The lowest BCUT2D eigenvalue weighted by molar-refractivity contribution is -0.138. The topological polar surface area (TPSA) is 79.9 Å². The molecule has 13 heteroatoms. The Morgan fingerprint density at radius 2 is 1.58 bits per heavy atom. The number of nitrogens with zero attached hydrogens (tertiary/aromatic N) is 1. The van der Waals surface area contributed by atoms with Gasteiger partial charge in [0.15, 0.2) is 5.75 Å². The van der Waals surface area contributed by atoms with E-state index in [-0.39, 0.29) is 61.9 Å². The molecule has 0 bridgehead atoms. The highest BCUT2D eigenvalue weighted by Crippen LogP contribution is 2.35. The largest absolute Gasteiger partial charge is 0.490 e. The second-order valence-electron chi connectivity index (χ2n) is 10.9. The van der Waals surface area contributed by atoms with Gasteiger partial charge in [0.1, 0.15) is 19.0 Å². The first-order valence-corrected chi connectivity index (χ1v) is 15.8. The highest BCUT2D eigenvalue weighted by atomic mass is 35.5. The molecule has 2 aliphatic rings. The molecule has 3 aromatic carbocycles. The quantitative estimate of drug-likeness (QED) is 0.197. The van der Waals surface area contributed by atoms with E-state index in [1.54, 1.807) is 42.5 Å². The Bertz CT molecular complexity index is 1450. The maximum absolute atomic E-state index is 13.8. The van der Waals surface area contributed by atoms with Crippen LogP contribution in [0.1, 0.15) is 40.7 Å².